The molecule has 0 unspecified atom stereocenters. The van der Waals surface area contributed by atoms with Crippen molar-refractivity contribution < 1.29 is 17.9 Å². The summed E-state index contributed by atoms with van der Waals surface area (Å²) >= 11 is 0. The second-order valence-corrected chi connectivity index (χ2v) is 8.00. The highest BCUT2D eigenvalue weighted by Crippen LogP contribution is 2.29. The van der Waals surface area contributed by atoms with Crippen LogP contribution in [0.3, 0.4) is 0 Å². The molecule has 0 radical (unpaired) electrons. The van der Waals surface area contributed by atoms with Gasteiger partial charge in [0.15, 0.2) is 0 Å². The first kappa shape index (κ1) is 18.4. The first-order chi connectivity index (χ1) is 12.4. The zero-order chi connectivity index (χ0) is 18.6. The lowest BCUT2D eigenvalue weighted by molar-refractivity contribution is -0.120. The molecule has 1 saturated heterocycles. The smallest absolute Gasteiger partial charge is 0.261 e. The number of anilines is 1. The number of carbonyl (C=O) groups excluding carboxylic acids is 1. The Balaban J connectivity index is 1.68. The first-order valence-corrected chi connectivity index (χ1v) is 9.99. The quantitative estimate of drug-likeness (QED) is 0.843. The molecule has 0 bridgehead atoms. The number of hydrogen-bond acceptors (Lipinski definition) is 4. The molecule has 1 aliphatic heterocycles. The second kappa shape index (κ2) is 7.88. The van der Waals surface area contributed by atoms with E-state index >= 15 is 0 Å². The summed E-state index contributed by atoms with van der Waals surface area (Å²) in [6.07, 6.45) is 1.39. The van der Waals surface area contributed by atoms with E-state index in [1.807, 2.05) is 12.1 Å². The molecule has 2 atom stereocenters. The fourth-order valence-corrected chi connectivity index (χ4v) is 4.11. The average Bonchev–Trinajstić information content (AvgIpc) is 2.62. The number of sulfonamides is 1. The molecule has 0 aliphatic carbocycles. The Morgan fingerprint density at radius 1 is 1.08 bits per heavy atom. The minimum absolute atomic E-state index is 0.0404. The van der Waals surface area contributed by atoms with Gasteiger partial charge in [-0.1, -0.05) is 30.3 Å². The molecular formula is C19H22N2O4S. The van der Waals surface area contributed by atoms with Crippen LogP contribution in [0.1, 0.15) is 31.4 Å². The molecule has 1 heterocycles. The van der Waals surface area contributed by atoms with Gasteiger partial charge in [-0.15, -0.1) is 0 Å². The predicted octanol–water partition coefficient (Wildman–Crippen LogP) is 2.84. The van der Waals surface area contributed by atoms with Crippen molar-refractivity contribution in [1.29, 1.82) is 0 Å². The molecule has 2 N–H and O–H groups in total. The van der Waals surface area contributed by atoms with Gasteiger partial charge in [0, 0.05) is 25.3 Å². The van der Waals surface area contributed by atoms with E-state index in [1.165, 1.54) is 6.92 Å². The van der Waals surface area contributed by atoms with Crippen molar-refractivity contribution in [3.8, 4) is 0 Å². The maximum atomic E-state index is 12.4. The van der Waals surface area contributed by atoms with E-state index in [0.29, 0.717) is 18.7 Å². The van der Waals surface area contributed by atoms with Crippen molar-refractivity contribution in [3.63, 3.8) is 0 Å². The summed E-state index contributed by atoms with van der Waals surface area (Å²) in [7, 11) is -3.60. The van der Waals surface area contributed by atoms with Crippen LogP contribution < -0.4 is 10.0 Å². The van der Waals surface area contributed by atoms with E-state index in [0.717, 1.165) is 12.0 Å². The number of amides is 1. The zero-order valence-corrected chi connectivity index (χ0v) is 15.3. The number of carbonyl (C=O) groups is 1. The third kappa shape index (κ3) is 4.62. The van der Waals surface area contributed by atoms with E-state index < -0.39 is 10.0 Å². The fourth-order valence-electron chi connectivity index (χ4n) is 3.03. The van der Waals surface area contributed by atoms with E-state index in [2.05, 4.69) is 10.0 Å². The molecule has 0 spiro atoms. The van der Waals surface area contributed by atoms with Crippen molar-refractivity contribution in [2.45, 2.75) is 36.8 Å². The minimum atomic E-state index is -3.60. The zero-order valence-electron chi connectivity index (χ0n) is 14.5. The summed E-state index contributed by atoms with van der Waals surface area (Å²) in [4.78, 5) is 11.5. The molecule has 0 aromatic heterocycles. The lowest BCUT2D eigenvalue weighted by atomic mass is 9.97. The van der Waals surface area contributed by atoms with Gasteiger partial charge in [-0.2, -0.15) is 0 Å². The topological polar surface area (TPSA) is 84.5 Å². The molecule has 1 amide bonds. The van der Waals surface area contributed by atoms with E-state index in [4.69, 9.17) is 4.74 Å². The highest BCUT2D eigenvalue weighted by Gasteiger charge is 2.24. The van der Waals surface area contributed by atoms with Crippen LogP contribution in [0.2, 0.25) is 0 Å². The number of ether oxygens (including phenoxy) is 1. The van der Waals surface area contributed by atoms with Crippen molar-refractivity contribution in [2.75, 3.05) is 11.3 Å². The van der Waals surface area contributed by atoms with E-state index in [9.17, 15) is 13.2 Å². The number of hydrogen-bond donors (Lipinski definition) is 2. The van der Waals surface area contributed by atoms with Crippen molar-refractivity contribution in [2.24, 2.45) is 0 Å². The Morgan fingerprint density at radius 2 is 1.77 bits per heavy atom. The van der Waals surface area contributed by atoms with Crippen LogP contribution in [0.25, 0.3) is 0 Å². The summed E-state index contributed by atoms with van der Waals surface area (Å²) in [5.41, 5.74) is 1.45. The molecule has 1 fully saturated rings. The van der Waals surface area contributed by atoms with Crippen LogP contribution in [0.4, 0.5) is 5.69 Å². The maximum Gasteiger partial charge on any atom is 0.261 e. The first-order valence-electron chi connectivity index (χ1n) is 8.50. The molecule has 7 heteroatoms. The SMILES string of the molecule is CC(=O)N[C@@H]1CCO[C@H](c2ccc(NS(=O)(=O)c3ccccc3)cc2)C1. The monoisotopic (exact) mass is 374 g/mol. The third-order valence-corrected chi connectivity index (χ3v) is 5.68. The maximum absolute atomic E-state index is 12.4. The molecule has 2 aromatic carbocycles. The Bertz CT molecular complexity index is 851. The fraction of sp³-hybridized carbons (Fsp3) is 0.316. The number of benzene rings is 2. The minimum Gasteiger partial charge on any atom is -0.373 e. The summed E-state index contributed by atoms with van der Waals surface area (Å²) in [5.74, 6) is -0.0404. The number of rotatable bonds is 5. The van der Waals surface area contributed by atoms with Crippen molar-refractivity contribution in [1.82, 2.24) is 5.32 Å². The van der Waals surface area contributed by atoms with Crippen LogP contribution in [0, 0.1) is 0 Å². The molecule has 0 saturated carbocycles. The molecular weight excluding hydrogens is 352 g/mol. The van der Waals surface area contributed by atoms with Gasteiger partial charge < -0.3 is 10.1 Å². The Kier molecular flexibility index (Phi) is 5.58. The summed E-state index contributed by atoms with van der Waals surface area (Å²) in [6, 6.07) is 15.5. The molecule has 6 nitrogen and oxygen atoms in total. The average molecular weight is 374 g/mol. The van der Waals surface area contributed by atoms with Gasteiger partial charge in [-0.05, 0) is 42.7 Å². The van der Waals surface area contributed by atoms with Crippen LogP contribution in [-0.4, -0.2) is 27.0 Å². The molecule has 2 aromatic rings. The predicted molar refractivity (Wildman–Crippen MR) is 99.2 cm³/mol. The Labute approximate surface area is 153 Å². The van der Waals surface area contributed by atoms with Gasteiger partial charge in [0.1, 0.15) is 0 Å². The van der Waals surface area contributed by atoms with Gasteiger partial charge in [0.05, 0.1) is 11.0 Å². The lowest BCUT2D eigenvalue weighted by Crippen LogP contribution is -2.38. The van der Waals surface area contributed by atoms with Crippen LogP contribution >= 0.6 is 0 Å². The van der Waals surface area contributed by atoms with Crippen molar-refractivity contribution in [3.05, 3.63) is 60.2 Å². The molecule has 26 heavy (non-hydrogen) atoms. The Morgan fingerprint density at radius 3 is 2.42 bits per heavy atom. The van der Waals surface area contributed by atoms with Gasteiger partial charge in [-0.25, -0.2) is 8.42 Å². The summed E-state index contributed by atoms with van der Waals surface area (Å²) < 4.78 is 33.1. The normalized spacial score (nSPS) is 20.3. The molecule has 1 aliphatic rings. The second-order valence-electron chi connectivity index (χ2n) is 6.32. The standard InChI is InChI=1S/C19H22N2O4S/c1-14(22)20-17-11-12-25-19(13-17)15-7-9-16(10-8-15)21-26(23,24)18-5-3-2-4-6-18/h2-10,17,19,21H,11-13H2,1H3,(H,20,22)/t17-,19+/m1/s1. The highest BCUT2D eigenvalue weighted by molar-refractivity contribution is 7.92. The van der Waals surface area contributed by atoms with Gasteiger partial charge in [0.2, 0.25) is 5.91 Å². The molecule has 138 valence electrons. The van der Waals surface area contributed by atoms with Gasteiger partial charge >= 0.3 is 0 Å². The third-order valence-electron chi connectivity index (χ3n) is 4.28. The highest BCUT2D eigenvalue weighted by atomic mass is 32.2. The van der Waals surface area contributed by atoms with E-state index in [-0.39, 0.29) is 22.9 Å². The largest absolute Gasteiger partial charge is 0.373 e. The van der Waals surface area contributed by atoms with Crippen LogP contribution in [-0.2, 0) is 19.6 Å². The Hall–Kier alpha value is -2.38. The van der Waals surface area contributed by atoms with Crippen LogP contribution in [0.15, 0.2) is 59.5 Å². The number of nitrogens with one attached hydrogen (secondary N) is 2. The van der Waals surface area contributed by atoms with Crippen molar-refractivity contribution >= 4 is 21.6 Å². The van der Waals surface area contributed by atoms with Gasteiger partial charge in [-0.3, -0.25) is 9.52 Å². The summed E-state index contributed by atoms with van der Waals surface area (Å²) in [5, 5.41) is 2.93. The van der Waals surface area contributed by atoms with Crippen LogP contribution in [0.5, 0.6) is 0 Å². The molecule has 3 rings (SSSR count). The lowest BCUT2D eigenvalue weighted by Gasteiger charge is -2.30. The van der Waals surface area contributed by atoms with Gasteiger partial charge in [0.25, 0.3) is 10.0 Å². The van der Waals surface area contributed by atoms with E-state index in [1.54, 1.807) is 42.5 Å². The summed E-state index contributed by atoms with van der Waals surface area (Å²) in [6.45, 7) is 2.09.